The van der Waals surface area contributed by atoms with Gasteiger partial charge in [-0.2, -0.15) is 0 Å². The zero-order valence-electron chi connectivity index (χ0n) is 16.0. The minimum Gasteiger partial charge on any atom is -0.0654 e. The second-order valence-corrected chi connectivity index (χ2v) is 7.88. The first-order chi connectivity index (χ1) is 10.1. The van der Waals surface area contributed by atoms with Crippen molar-refractivity contribution in [2.45, 2.75) is 123 Å². The molecule has 2 unspecified atom stereocenters. The Balaban J connectivity index is 3.97. The van der Waals surface area contributed by atoms with Gasteiger partial charge in [0.15, 0.2) is 0 Å². The highest BCUT2D eigenvalue weighted by atomic mass is 14.3. The van der Waals surface area contributed by atoms with Gasteiger partial charge in [-0.1, -0.05) is 123 Å². The molecule has 0 fully saturated rings. The molecule has 0 rings (SSSR count). The third-order valence-electron chi connectivity index (χ3n) is 5.13. The van der Waals surface area contributed by atoms with E-state index in [1.807, 2.05) is 0 Å². The Bertz CT molecular complexity index is 214. The normalized spacial score (nSPS) is 15.8. The van der Waals surface area contributed by atoms with Crippen LogP contribution in [0.25, 0.3) is 0 Å². The lowest BCUT2D eigenvalue weighted by Crippen LogP contribution is -2.17. The van der Waals surface area contributed by atoms with Crippen molar-refractivity contribution in [3.8, 4) is 0 Å². The summed E-state index contributed by atoms with van der Waals surface area (Å²) < 4.78 is 0. The van der Waals surface area contributed by atoms with Crippen LogP contribution >= 0.6 is 0 Å². The molecular formula is C20H43B. The molecule has 0 amide bonds. The summed E-state index contributed by atoms with van der Waals surface area (Å²) in [6.07, 6.45) is 20.0. The van der Waals surface area contributed by atoms with Crippen molar-refractivity contribution in [3.05, 3.63) is 0 Å². The monoisotopic (exact) mass is 294 g/mol. The van der Waals surface area contributed by atoms with Crippen LogP contribution in [0.5, 0.6) is 0 Å². The minimum atomic E-state index is 0.616. The fourth-order valence-electron chi connectivity index (χ4n) is 3.95. The SMILES string of the molecule is BC(CCC)(CCCCCCCC)CC(C)CCCCC. The van der Waals surface area contributed by atoms with Crippen molar-refractivity contribution >= 4 is 7.85 Å². The summed E-state index contributed by atoms with van der Waals surface area (Å²) in [5, 5.41) is 0.616. The van der Waals surface area contributed by atoms with E-state index in [1.165, 1.54) is 89.9 Å². The van der Waals surface area contributed by atoms with Gasteiger partial charge in [0.2, 0.25) is 0 Å². The van der Waals surface area contributed by atoms with Crippen molar-refractivity contribution < 1.29 is 0 Å². The molecule has 0 aromatic carbocycles. The Morgan fingerprint density at radius 1 is 0.714 bits per heavy atom. The fourth-order valence-corrected chi connectivity index (χ4v) is 3.95. The third kappa shape index (κ3) is 12.3. The predicted octanol–water partition coefficient (Wildman–Crippen LogP) is 6.94. The minimum absolute atomic E-state index is 0.616. The van der Waals surface area contributed by atoms with Gasteiger partial charge in [0.1, 0.15) is 7.85 Å². The van der Waals surface area contributed by atoms with E-state index < -0.39 is 0 Å². The first kappa shape index (κ1) is 21.1. The van der Waals surface area contributed by atoms with E-state index in [-0.39, 0.29) is 0 Å². The molecule has 21 heavy (non-hydrogen) atoms. The highest BCUT2D eigenvalue weighted by molar-refractivity contribution is 6.15. The highest BCUT2D eigenvalue weighted by Crippen LogP contribution is 2.42. The zero-order valence-corrected chi connectivity index (χ0v) is 16.0. The van der Waals surface area contributed by atoms with E-state index in [0.29, 0.717) is 5.31 Å². The van der Waals surface area contributed by atoms with E-state index in [9.17, 15) is 0 Å². The molecule has 0 radical (unpaired) electrons. The maximum absolute atomic E-state index is 2.57. The lowest BCUT2D eigenvalue weighted by atomic mass is 9.59. The van der Waals surface area contributed by atoms with Crippen LogP contribution in [0.2, 0.25) is 5.31 Å². The molecule has 0 heterocycles. The summed E-state index contributed by atoms with van der Waals surface area (Å²) >= 11 is 0. The number of hydrogen-bond acceptors (Lipinski definition) is 0. The van der Waals surface area contributed by atoms with Crippen molar-refractivity contribution in [2.24, 2.45) is 5.92 Å². The molecule has 2 atom stereocenters. The average molecular weight is 294 g/mol. The molecule has 126 valence electrons. The maximum atomic E-state index is 2.57. The van der Waals surface area contributed by atoms with Gasteiger partial charge >= 0.3 is 0 Å². The average Bonchev–Trinajstić information content (AvgIpc) is 2.43. The van der Waals surface area contributed by atoms with Crippen molar-refractivity contribution in [1.29, 1.82) is 0 Å². The fraction of sp³-hybridized carbons (Fsp3) is 1.00. The molecule has 0 aliphatic heterocycles. The molecule has 0 saturated carbocycles. The van der Waals surface area contributed by atoms with Crippen molar-refractivity contribution in [3.63, 3.8) is 0 Å². The van der Waals surface area contributed by atoms with Gasteiger partial charge in [-0.05, 0) is 5.92 Å². The quantitative estimate of drug-likeness (QED) is 0.227. The summed E-state index contributed by atoms with van der Waals surface area (Å²) in [5.74, 6) is 0.924. The molecule has 0 bridgehead atoms. The molecule has 0 N–H and O–H groups in total. The van der Waals surface area contributed by atoms with Gasteiger partial charge in [0, 0.05) is 0 Å². The zero-order chi connectivity index (χ0) is 16.0. The molecule has 0 aliphatic carbocycles. The van der Waals surface area contributed by atoms with Crippen LogP contribution in [0.4, 0.5) is 0 Å². The highest BCUT2D eigenvalue weighted by Gasteiger charge is 2.25. The second kappa shape index (κ2) is 13.7. The molecule has 0 aromatic heterocycles. The first-order valence-corrected chi connectivity index (χ1v) is 10.1. The van der Waals surface area contributed by atoms with Gasteiger partial charge in [-0.3, -0.25) is 0 Å². The summed E-state index contributed by atoms with van der Waals surface area (Å²) in [5.41, 5.74) is 0. The first-order valence-electron chi connectivity index (χ1n) is 10.1. The molecule has 0 aliphatic rings. The van der Waals surface area contributed by atoms with Crippen LogP contribution in [-0.4, -0.2) is 7.85 Å². The summed E-state index contributed by atoms with van der Waals surface area (Å²) in [7, 11) is 2.57. The van der Waals surface area contributed by atoms with E-state index in [0.717, 1.165) is 5.92 Å². The van der Waals surface area contributed by atoms with Gasteiger partial charge < -0.3 is 0 Å². The van der Waals surface area contributed by atoms with E-state index in [4.69, 9.17) is 0 Å². The van der Waals surface area contributed by atoms with Crippen LogP contribution < -0.4 is 0 Å². The Kier molecular flexibility index (Phi) is 13.8. The lowest BCUT2D eigenvalue weighted by Gasteiger charge is -2.32. The Morgan fingerprint density at radius 2 is 1.29 bits per heavy atom. The van der Waals surface area contributed by atoms with Crippen molar-refractivity contribution in [2.75, 3.05) is 0 Å². The van der Waals surface area contributed by atoms with E-state index in [2.05, 4.69) is 35.5 Å². The molecule has 0 aromatic rings. The summed E-state index contributed by atoms with van der Waals surface area (Å²) in [6, 6.07) is 0. The lowest BCUT2D eigenvalue weighted by molar-refractivity contribution is 0.337. The Hall–Kier alpha value is 0.0649. The molecule has 0 nitrogen and oxygen atoms in total. The van der Waals surface area contributed by atoms with Gasteiger partial charge in [0.05, 0.1) is 0 Å². The number of hydrogen-bond donors (Lipinski definition) is 0. The Labute approximate surface area is 137 Å². The van der Waals surface area contributed by atoms with Crippen LogP contribution in [0.3, 0.4) is 0 Å². The van der Waals surface area contributed by atoms with E-state index >= 15 is 0 Å². The predicted molar refractivity (Wildman–Crippen MR) is 102 cm³/mol. The van der Waals surface area contributed by atoms with Crippen LogP contribution in [0, 0.1) is 5.92 Å². The van der Waals surface area contributed by atoms with Crippen molar-refractivity contribution in [1.82, 2.24) is 0 Å². The van der Waals surface area contributed by atoms with Crippen LogP contribution in [0.1, 0.15) is 118 Å². The topological polar surface area (TPSA) is 0 Å². The Morgan fingerprint density at radius 3 is 1.90 bits per heavy atom. The van der Waals surface area contributed by atoms with Crippen LogP contribution in [-0.2, 0) is 0 Å². The maximum Gasteiger partial charge on any atom is 0.109 e. The molecule has 0 spiro atoms. The summed E-state index contributed by atoms with van der Waals surface area (Å²) in [6.45, 7) is 9.47. The smallest absolute Gasteiger partial charge is 0.0654 e. The largest absolute Gasteiger partial charge is 0.109 e. The third-order valence-corrected chi connectivity index (χ3v) is 5.13. The standard InChI is InChI=1S/C20H43B/c1-5-8-10-11-12-14-17-20(21,16-7-3)18-19(4)15-13-9-6-2/h19H,5-18,21H2,1-4H3. The number of rotatable bonds is 15. The van der Waals surface area contributed by atoms with Gasteiger partial charge in [0.25, 0.3) is 0 Å². The van der Waals surface area contributed by atoms with Gasteiger partial charge in [-0.15, -0.1) is 0 Å². The van der Waals surface area contributed by atoms with Gasteiger partial charge in [-0.25, -0.2) is 0 Å². The summed E-state index contributed by atoms with van der Waals surface area (Å²) in [4.78, 5) is 0. The van der Waals surface area contributed by atoms with Crippen LogP contribution in [0.15, 0.2) is 0 Å². The second-order valence-electron chi connectivity index (χ2n) is 7.88. The molecular weight excluding hydrogens is 251 g/mol. The molecule has 0 saturated heterocycles. The number of unbranched alkanes of at least 4 members (excludes halogenated alkanes) is 7. The molecule has 1 heteroatoms. The van der Waals surface area contributed by atoms with E-state index in [1.54, 1.807) is 0 Å².